The van der Waals surface area contributed by atoms with Gasteiger partial charge in [0.1, 0.15) is 5.69 Å². The summed E-state index contributed by atoms with van der Waals surface area (Å²) in [5.41, 5.74) is 3.87. The summed E-state index contributed by atoms with van der Waals surface area (Å²) in [5, 5.41) is 0. The van der Waals surface area contributed by atoms with Gasteiger partial charge in [-0.05, 0) is 24.1 Å². The Kier molecular flexibility index (Phi) is 2.59. The Morgan fingerprint density at radius 3 is 2.53 bits per heavy atom. The molecule has 0 aliphatic carbocycles. The van der Waals surface area contributed by atoms with Gasteiger partial charge < -0.3 is 0 Å². The third kappa shape index (κ3) is 1.94. The smallest absolute Gasteiger partial charge is 0.168 e. The number of aryl methyl sites for hydroxylation is 1. The maximum absolute atomic E-state index is 10.5. The van der Waals surface area contributed by atoms with Gasteiger partial charge in [-0.2, -0.15) is 0 Å². The summed E-state index contributed by atoms with van der Waals surface area (Å²) in [6.07, 6.45) is 2.48. The minimum Gasteiger partial charge on any atom is -0.296 e. The van der Waals surface area contributed by atoms with Crippen LogP contribution in [0.3, 0.4) is 0 Å². The van der Waals surface area contributed by atoms with Crippen LogP contribution in [0.4, 0.5) is 0 Å². The van der Waals surface area contributed by atoms with Gasteiger partial charge >= 0.3 is 0 Å². The first-order valence-corrected chi connectivity index (χ1v) is 4.78. The van der Waals surface area contributed by atoms with Crippen molar-refractivity contribution in [3.63, 3.8) is 0 Å². The van der Waals surface area contributed by atoms with Crippen molar-refractivity contribution in [1.29, 1.82) is 0 Å². The first-order valence-electron chi connectivity index (χ1n) is 4.78. The highest BCUT2D eigenvalue weighted by Crippen LogP contribution is 2.21. The minimum absolute atomic E-state index is 0.465. The number of hydrogen-bond donors (Lipinski definition) is 0. The molecule has 1 aromatic heterocycles. The Morgan fingerprint density at radius 1 is 1.13 bits per heavy atom. The average molecular weight is 197 g/mol. The molecule has 1 aromatic carbocycles. The van der Waals surface area contributed by atoms with E-state index in [0.717, 1.165) is 17.4 Å². The number of benzene rings is 1. The van der Waals surface area contributed by atoms with E-state index in [2.05, 4.69) is 18.0 Å². The highest BCUT2D eigenvalue weighted by atomic mass is 16.1. The van der Waals surface area contributed by atoms with Crippen LogP contribution in [0.2, 0.25) is 0 Å². The Bertz CT molecular complexity index is 474. The molecule has 2 nitrogen and oxygen atoms in total. The molecule has 15 heavy (non-hydrogen) atoms. The molecule has 0 saturated carbocycles. The number of nitrogens with zero attached hydrogens (tertiary/aromatic N) is 1. The highest BCUT2D eigenvalue weighted by molar-refractivity contribution is 5.74. The Balaban J connectivity index is 2.46. The first kappa shape index (κ1) is 9.59. The van der Waals surface area contributed by atoms with Gasteiger partial charge in [0.05, 0.1) is 0 Å². The Morgan fingerprint density at radius 2 is 1.93 bits per heavy atom. The van der Waals surface area contributed by atoms with Crippen molar-refractivity contribution < 1.29 is 4.79 Å². The van der Waals surface area contributed by atoms with Crippen molar-refractivity contribution in [3.8, 4) is 11.1 Å². The number of carbonyl (C=O) groups excluding carboxylic acids is 1. The summed E-state index contributed by atoms with van der Waals surface area (Å²) in [7, 11) is 0. The summed E-state index contributed by atoms with van der Waals surface area (Å²) >= 11 is 0. The van der Waals surface area contributed by atoms with Gasteiger partial charge in [0.15, 0.2) is 6.29 Å². The lowest BCUT2D eigenvalue weighted by Crippen LogP contribution is -1.88. The van der Waals surface area contributed by atoms with Gasteiger partial charge in [0, 0.05) is 11.8 Å². The number of carbonyl (C=O) groups is 1. The third-order valence-electron chi connectivity index (χ3n) is 2.36. The largest absolute Gasteiger partial charge is 0.296 e. The molecular formula is C13H11NO. The van der Waals surface area contributed by atoms with Crippen LogP contribution in [0, 0.1) is 6.92 Å². The molecule has 74 valence electrons. The second-order valence-corrected chi connectivity index (χ2v) is 3.40. The van der Waals surface area contributed by atoms with E-state index in [-0.39, 0.29) is 0 Å². The van der Waals surface area contributed by atoms with Gasteiger partial charge in [-0.15, -0.1) is 0 Å². The van der Waals surface area contributed by atoms with E-state index in [1.807, 2.05) is 24.3 Å². The minimum atomic E-state index is 0.465. The summed E-state index contributed by atoms with van der Waals surface area (Å²) in [4.78, 5) is 14.5. The molecule has 0 unspecified atom stereocenters. The molecule has 2 heteroatoms. The fraction of sp³-hybridized carbons (Fsp3) is 0.0769. The maximum Gasteiger partial charge on any atom is 0.168 e. The van der Waals surface area contributed by atoms with Crippen molar-refractivity contribution in [1.82, 2.24) is 4.98 Å². The molecule has 2 aromatic rings. The molecule has 0 atom stereocenters. The topological polar surface area (TPSA) is 30.0 Å². The van der Waals surface area contributed by atoms with Gasteiger partial charge in [-0.25, -0.2) is 0 Å². The second-order valence-electron chi connectivity index (χ2n) is 3.40. The molecule has 0 saturated heterocycles. The molecular weight excluding hydrogens is 186 g/mol. The molecule has 0 bridgehead atoms. The van der Waals surface area contributed by atoms with Crippen LogP contribution in [0.25, 0.3) is 11.1 Å². The average Bonchev–Trinajstić information content (AvgIpc) is 2.30. The molecule has 0 N–H and O–H groups in total. The first-order chi connectivity index (χ1) is 7.31. The number of hydrogen-bond acceptors (Lipinski definition) is 2. The zero-order valence-corrected chi connectivity index (χ0v) is 8.47. The fourth-order valence-corrected chi connectivity index (χ4v) is 1.53. The van der Waals surface area contributed by atoms with Crippen molar-refractivity contribution in [2.24, 2.45) is 0 Å². The lowest BCUT2D eigenvalue weighted by Gasteiger charge is -2.04. The molecule has 0 radical (unpaired) electrons. The van der Waals surface area contributed by atoms with E-state index >= 15 is 0 Å². The lowest BCUT2D eigenvalue weighted by molar-refractivity contribution is 0.111. The summed E-state index contributed by atoms with van der Waals surface area (Å²) in [6, 6.07) is 11.8. The molecule has 2 rings (SSSR count). The van der Waals surface area contributed by atoms with E-state index in [4.69, 9.17) is 0 Å². The van der Waals surface area contributed by atoms with E-state index in [9.17, 15) is 4.79 Å². The monoisotopic (exact) mass is 197 g/mol. The van der Waals surface area contributed by atoms with Crippen LogP contribution >= 0.6 is 0 Å². The number of pyridine rings is 1. The summed E-state index contributed by atoms with van der Waals surface area (Å²) in [6.45, 7) is 2.06. The Labute approximate surface area is 88.6 Å². The fourth-order valence-electron chi connectivity index (χ4n) is 1.53. The maximum atomic E-state index is 10.5. The van der Waals surface area contributed by atoms with Crippen LogP contribution in [0.1, 0.15) is 16.1 Å². The standard InChI is InChI=1S/C13H11NO/c1-10-4-2-3-5-13(10)11-6-7-12(9-15)14-8-11/h2-9H,1H3. The van der Waals surface area contributed by atoms with Crippen LogP contribution < -0.4 is 0 Å². The molecule has 0 aliphatic rings. The van der Waals surface area contributed by atoms with Crippen molar-refractivity contribution in [3.05, 3.63) is 53.9 Å². The van der Waals surface area contributed by atoms with E-state index < -0.39 is 0 Å². The number of aromatic nitrogens is 1. The molecule has 0 aliphatic heterocycles. The van der Waals surface area contributed by atoms with Gasteiger partial charge in [-0.1, -0.05) is 30.3 Å². The van der Waals surface area contributed by atoms with Crippen LogP contribution in [0.5, 0.6) is 0 Å². The van der Waals surface area contributed by atoms with Gasteiger partial charge in [0.25, 0.3) is 0 Å². The molecule has 1 heterocycles. The van der Waals surface area contributed by atoms with Gasteiger partial charge in [0.2, 0.25) is 0 Å². The van der Waals surface area contributed by atoms with E-state index in [1.54, 1.807) is 12.3 Å². The van der Waals surface area contributed by atoms with Gasteiger partial charge in [-0.3, -0.25) is 9.78 Å². The summed E-state index contributed by atoms with van der Waals surface area (Å²) in [5.74, 6) is 0. The number of rotatable bonds is 2. The van der Waals surface area contributed by atoms with Crippen LogP contribution in [-0.4, -0.2) is 11.3 Å². The van der Waals surface area contributed by atoms with Crippen molar-refractivity contribution in [2.45, 2.75) is 6.92 Å². The molecule has 0 fully saturated rings. The predicted octanol–water partition coefficient (Wildman–Crippen LogP) is 2.87. The van der Waals surface area contributed by atoms with Crippen LogP contribution in [-0.2, 0) is 0 Å². The quantitative estimate of drug-likeness (QED) is 0.693. The normalized spacial score (nSPS) is 9.93. The zero-order chi connectivity index (χ0) is 10.7. The molecule has 0 amide bonds. The zero-order valence-electron chi connectivity index (χ0n) is 8.47. The van der Waals surface area contributed by atoms with E-state index in [1.165, 1.54) is 5.56 Å². The van der Waals surface area contributed by atoms with Crippen LogP contribution in [0.15, 0.2) is 42.6 Å². The predicted molar refractivity (Wildman–Crippen MR) is 59.8 cm³/mol. The highest BCUT2D eigenvalue weighted by Gasteiger charge is 2.00. The SMILES string of the molecule is Cc1ccccc1-c1ccc(C=O)nc1. The second kappa shape index (κ2) is 4.05. The third-order valence-corrected chi connectivity index (χ3v) is 2.36. The van der Waals surface area contributed by atoms with E-state index in [0.29, 0.717) is 5.69 Å². The number of aldehydes is 1. The Hall–Kier alpha value is -1.96. The van der Waals surface area contributed by atoms with Crippen molar-refractivity contribution in [2.75, 3.05) is 0 Å². The lowest BCUT2D eigenvalue weighted by atomic mass is 10.0. The van der Waals surface area contributed by atoms with Crippen molar-refractivity contribution >= 4 is 6.29 Å². The summed E-state index contributed by atoms with van der Waals surface area (Å²) < 4.78 is 0. The molecule has 0 spiro atoms.